The third kappa shape index (κ3) is 2.58. The van der Waals surface area contributed by atoms with Gasteiger partial charge in [-0.3, -0.25) is 4.79 Å². The van der Waals surface area contributed by atoms with Crippen LogP contribution in [0, 0.1) is 0 Å². The molecule has 1 amide bonds. The van der Waals surface area contributed by atoms with Crippen molar-refractivity contribution in [3.63, 3.8) is 0 Å². The van der Waals surface area contributed by atoms with Crippen LogP contribution < -0.4 is 5.73 Å². The number of carbonyl (C=O) groups excluding carboxylic acids is 1. The zero-order valence-corrected chi connectivity index (χ0v) is 11.7. The van der Waals surface area contributed by atoms with Gasteiger partial charge in [-0.05, 0) is 24.3 Å². The molecule has 0 bridgehead atoms. The van der Waals surface area contributed by atoms with Crippen molar-refractivity contribution < 1.29 is 4.79 Å². The van der Waals surface area contributed by atoms with Gasteiger partial charge < -0.3 is 15.6 Å². The van der Waals surface area contributed by atoms with Gasteiger partial charge in [0.15, 0.2) is 0 Å². The van der Waals surface area contributed by atoms with Gasteiger partial charge in [0.25, 0.3) is 5.91 Å². The Labute approximate surface area is 122 Å². The number of benzene rings is 2. The SMILES string of the molecule is CN(Cc1nc2ccccc2[nH]1)C(=O)c1ccccc1N. The van der Waals surface area contributed by atoms with Crippen LogP contribution in [-0.4, -0.2) is 27.8 Å². The molecular formula is C16H16N4O. The Hall–Kier alpha value is -2.82. The quantitative estimate of drug-likeness (QED) is 0.723. The van der Waals surface area contributed by atoms with E-state index in [9.17, 15) is 4.79 Å². The molecule has 3 N–H and O–H groups in total. The van der Waals surface area contributed by atoms with E-state index in [2.05, 4.69) is 9.97 Å². The monoisotopic (exact) mass is 280 g/mol. The number of H-pyrrole nitrogens is 1. The molecule has 0 atom stereocenters. The van der Waals surface area contributed by atoms with E-state index in [1.165, 1.54) is 0 Å². The third-order valence-electron chi connectivity index (χ3n) is 3.36. The molecule has 0 radical (unpaired) electrons. The highest BCUT2D eigenvalue weighted by atomic mass is 16.2. The molecule has 5 heteroatoms. The fraction of sp³-hybridized carbons (Fsp3) is 0.125. The highest BCUT2D eigenvalue weighted by Crippen LogP contribution is 2.15. The fourth-order valence-electron chi connectivity index (χ4n) is 2.27. The number of rotatable bonds is 3. The summed E-state index contributed by atoms with van der Waals surface area (Å²) in [6, 6.07) is 14.9. The van der Waals surface area contributed by atoms with Crippen LogP contribution in [-0.2, 0) is 6.54 Å². The van der Waals surface area contributed by atoms with Gasteiger partial charge in [-0.15, -0.1) is 0 Å². The predicted molar refractivity (Wildman–Crippen MR) is 82.7 cm³/mol. The molecule has 0 spiro atoms. The topological polar surface area (TPSA) is 75.0 Å². The van der Waals surface area contributed by atoms with E-state index in [0.29, 0.717) is 17.8 Å². The summed E-state index contributed by atoms with van der Waals surface area (Å²) < 4.78 is 0. The summed E-state index contributed by atoms with van der Waals surface area (Å²) in [4.78, 5) is 21.7. The Kier molecular flexibility index (Phi) is 3.31. The van der Waals surface area contributed by atoms with Gasteiger partial charge in [-0.1, -0.05) is 24.3 Å². The maximum atomic E-state index is 12.4. The van der Waals surface area contributed by atoms with Gasteiger partial charge in [-0.2, -0.15) is 0 Å². The molecule has 0 aliphatic rings. The molecule has 3 rings (SSSR count). The van der Waals surface area contributed by atoms with Crippen molar-refractivity contribution in [2.75, 3.05) is 12.8 Å². The molecule has 0 aliphatic carbocycles. The normalized spacial score (nSPS) is 10.7. The molecule has 0 saturated carbocycles. The maximum absolute atomic E-state index is 12.4. The number of carbonyl (C=O) groups is 1. The highest BCUT2D eigenvalue weighted by Gasteiger charge is 2.15. The maximum Gasteiger partial charge on any atom is 0.256 e. The molecule has 106 valence electrons. The number of para-hydroxylation sites is 3. The number of aromatic nitrogens is 2. The molecule has 0 saturated heterocycles. The van der Waals surface area contributed by atoms with E-state index in [1.807, 2.05) is 30.3 Å². The molecule has 0 fully saturated rings. The van der Waals surface area contributed by atoms with Crippen LogP contribution in [0.1, 0.15) is 16.2 Å². The number of nitrogens with zero attached hydrogens (tertiary/aromatic N) is 2. The number of hydrogen-bond acceptors (Lipinski definition) is 3. The van der Waals surface area contributed by atoms with Crippen LogP contribution >= 0.6 is 0 Å². The minimum absolute atomic E-state index is 0.117. The first kappa shape index (κ1) is 13.2. The third-order valence-corrected chi connectivity index (χ3v) is 3.36. The Morgan fingerprint density at radius 1 is 1.19 bits per heavy atom. The molecule has 1 aromatic heterocycles. The Morgan fingerprint density at radius 3 is 2.67 bits per heavy atom. The first-order chi connectivity index (χ1) is 10.1. The first-order valence-corrected chi connectivity index (χ1v) is 6.69. The Balaban J connectivity index is 1.81. The number of nitrogens with two attached hydrogens (primary N) is 1. The van der Waals surface area contributed by atoms with Crippen molar-refractivity contribution in [1.29, 1.82) is 0 Å². The molecule has 21 heavy (non-hydrogen) atoms. The van der Waals surface area contributed by atoms with Gasteiger partial charge in [0.1, 0.15) is 5.82 Å². The molecule has 5 nitrogen and oxygen atoms in total. The molecule has 1 heterocycles. The molecule has 2 aromatic carbocycles. The number of fused-ring (bicyclic) bond motifs is 1. The largest absolute Gasteiger partial charge is 0.398 e. The smallest absolute Gasteiger partial charge is 0.256 e. The second-order valence-electron chi connectivity index (χ2n) is 4.95. The van der Waals surface area contributed by atoms with Crippen molar-refractivity contribution in [2.24, 2.45) is 0 Å². The second-order valence-corrected chi connectivity index (χ2v) is 4.95. The van der Waals surface area contributed by atoms with Gasteiger partial charge >= 0.3 is 0 Å². The van der Waals surface area contributed by atoms with Gasteiger partial charge in [-0.25, -0.2) is 4.98 Å². The minimum Gasteiger partial charge on any atom is -0.398 e. The van der Waals surface area contributed by atoms with Crippen LogP contribution in [0.25, 0.3) is 11.0 Å². The van der Waals surface area contributed by atoms with E-state index < -0.39 is 0 Å². The summed E-state index contributed by atoms with van der Waals surface area (Å²) in [7, 11) is 1.74. The van der Waals surface area contributed by atoms with Crippen LogP contribution in [0.5, 0.6) is 0 Å². The summed E-state index contributed by atoms with van der Waals surface area (Å²) in [5.41, 5.74) is 8.70. The summed E-state index contributed by atoms with van der Waals surface area (Å²) in [5, 5.41) is 0. The van der Waals surface area contributed by atoms with Crippen LogP contribution in [0.15, 0.2) is 48.5 Å². The lowest BCUT2D eigenvalue weighted by molar-refractivity contribution is 0.0783. The predicted octanol–water partition coefficient (Wildman–Crippen LogP) is 2.42. The minimum atomic E-state index is -0.117. The van der Waals surface area contributed by atoms with E-state index in [-0.39, 0.29) is 5.91 Å². The van der Waals surface area contributed by atoms with Crippen LogP contribution in [0.3, 0.4) is 0 Å². The highest BCUT2D eigenvalue weighted by molar-refractivity contribution is 5.98. The van der Waals surface area contributed by atoms with Crippen molar-refractivity contribution in [1.82, 2.24) is 14.9 Å². The summed E-state index contributed by atoms with van der Waals surface area (Å²) in [6.45, 7) is 0.405. The van der Waals surface area contributed by atoms with E-state index in [1.54, 1.807) is 30.1 Å². The number of amides is 1. The average molecular weight is 280 g/mol. The van der Waals surface area contributed by atoms with Crippen molar-refractivity contribution >= 4 is 22.6 Å². The fourth-order valence-corrected chi connectivity index (χ4v) is 2.27. The summed E-state index contributed by atoms with van der Waals surface area (Å²) in [6.07, 6.45) is 0. The number of hydrogen-bond donors (Lipinski definition) is 2. The molecular weight excluding hydrogens is 264 g/mol. The van der Waals surface area contributed by atoms with Crippen LogP contribution in [0.2, 0.25) is 0 Å². The van der Waals surface area contributed by atoms with E-state index in [0.717, 1.165) is 16.9 Å². The molecule has 0 unspecified atom stereocenters. The second kappa shape index (κ2) is 5.28. The van der Waals surface area contributed by atoms with Crippen molar-refractivity contribution in [3.05, 3.63) is 59.9 Å². The summed E-state index contributed by atoms with van der Waals surface area (Å²) >= 11 is 0. The zero-order valence-electron chi connectivity index (χ0n) is 11.7. The molecule has 3 aromatic rings. The number of imidazole rings is 1. The first-order valence-electron chi connectivity index (χ1n) is 6.69. The van der Waals surface area contributed by atoms with Gasteiger partial charge in [0.05, 0.1) is 23.1 Å². The zero-order chi connectivity index (χ0) is 14.8. The number of nitrogen functional groups attached to an aromatic ring is 1. The van der Waals surface area contributed by atoms with Gasteiger partial charge in [0.2, 0.25) is 0 Å². The number of nitrogens with one attached hydrogen (secondary N) is 1. The average Bonchev–Trinajstić information content (AvgIpc) is 2.89. The molecule has 0 aliphatic heterocycles. The van der Waals surface area contributed by atoms with Gasteiger partial charge in [0, 0.05) is 12.7 Å². The number of anilines is 1. The lowest BCUT2D eigenvalue weighted by atomic mass is 10.1. The van der Waals surface area contributed by atoms with E-state index >= 15 is 0 Å². The lowest BCUT2D eigenvalue weighted by Crippen LogP contribution is -2.27. The summed E-state index contributed by atoms with van der Waals surface area (Å²) in [5.74, 6) is 0.634. The van der Waals surface area contributed by atoms with Crippen LogP contribution in [0.4, 0.5) is 5.69 Å². The van der Waals surface area contributed by atoms with Crippen molar-refractivity contribution in [3.8, 4) is 0 Å². The standard InChI is InChI=1S/C16H16N4O/c1-20(16(21)11-6-2-3-7-12(11)17)10-15-18-13-8-4-5-9-14(13)19-15/h2-9H,10,17H2,1H3,(H,18,19). The lowest BCUT2D eigenvalue weighted by Gasteiger charge is -2.16. The van der Waals surface area contributed by atoms with Crippen molar-refractivity contribution in [2.45, 2.75) is 6.54 Å². The Morgan fingerprint density at radius 2 is 1.90 bits per heavy atom. The van der Waals surface area contributed by atoms with E-state index in [4.69, 9.17) is 5.73 Å². The number of aromatic amines is 1. The Bertz CT molecular complexity index is 761.